The first-order valence-corrected chi connectivity index (χ1v) is 14.0. The summed E-state index contributed by atoms with van der Waals surface area (Å²) in [5.41, 5.74) is 8.11. The van der Waals surface area contributed by atoms with Crippen LogP contribution in [0.15, 0.2) is 84.8 Å². The lowest BCUT2D eigenvalue weighted by atomic mass is 9.90. The summed E-state index contributed by atoms with van der Waals surface area (Å²) in [4.78, 5) is 1.67. The summed E-state index contributed by atoms with van der Waals surface area (Å²) < 4.78 is 42.5. The van der Waals surface area contributed by atoms with Gasteiger partial charge in [-0.1, -0.05) is 39.0 Å². The Morgan fingerprint density at radius 2 is 1.90 bits per heavy atom. The van der Waals surface area contributed by atoms with Crippen molar-refractivity contribution in [2.24, 2.45) is 5.92 Å². The van der Waals surface area contributed by atoms with E-state index in [1.807, 2.05) is 19.1 Å². The van der Waals surface area contributed by atoms with Gasteiger partial charge in [0, 0.05) is 55.3 Å². The highest BCUT2D eigenvalue weighted by atomic mass is 19.2. The van der Waals surface area contributed by atoms with Crippen LogP contribution in [-0.4, -0.2) is 36.8 Å². The van der Waals surface area contributed by atoms with Crippen LogP contribution in [0, 0.1) is 5.92 Å². The molecule has 0 saturated heterocycles. The van der Waals surface area contributed by atoms with Gasteiger partial charge in [-0.3, -0.25) is 15.3 Å². The van der Waals surface area contributed by atoms with Gasteiger partial charge in [0.25, 0.3) is 0 Å². The van der Waals surface area contributed by atoms with Gasteiger partial charge in [-0.25, -0.2) is 13.2 Å². The Kier molecular flexibility index (Phi) is 12.3. The molecule has 3 rings (SSSR count). The van der Waals surface area contributed by atoms with Gasteiger partial charge in [-0.05, 0) is 62.4 Å². The molecular formula is C31H43F3N6. The molecule has 0 amide bonds. The largest absolute Gasteiger partial charge is 0.385 e. The van der Waals surface area contributed by atoms with E-state index in [4.69, 9.17) is 0 Å². The van der Waals surface area contributed by atoms with Gasteiger partial charge in [0.15, 0.2) is 5.83 Å². The second-order valence-electron chi connectivity index (χ2n) is 9.96. The fourth-order valence-corrected chi connectivity index (χ4v) is 4.71. The van der Waals surface area contributed by atoms with Gasteiger partial charge in [-0.15, -0.1) is 0 Å². The van der Waals surface area contributed by atoms with Crippen LogP contribution in [0.4, 0.5) is 18.9 Å². The number of nitrogens with one attached hydrogen (secondary N) is 4. The maximum absolute atomic E-state index is 15.2. The summed E-state index contributed by atoms with van der Waals surface area (Å²) in [6, 6.07) is 6.02. The van der Waals surface area contributed by atoms with E-state index in [9.17, 15) is 8.78 Å². The number of hydrogen-bond acceptors (Lipinski definition) is 6. The molecule has 1 aliphatic heterocycles. The highest BCUT2D eigenvalue weighted by Gasteiger charge is 2.30. The maximum atomic E-state index is 15.2. The van der Waals surface area contributed by atoms with Crippen LogP contribution in [0.1, 0.15) is 57.1 Å². The molecule has 0 spiro atoms. The van der Waals surface area contributed by atoms with Crippen LogP contribution in [0.2, 0.25) is 0 Å². The van der Waals surface area contributed by atoms with Crippen LogP contribution in [0.25, 0.3) is 5.70 Å². The minimum absolute atomic E-state index is 0.357. The Labute approximate surface area is 237 Å². The molecule has 1 aromatic carbocycles. The SMILES string of the molecule is C=C(NCCCCCN(C)CF)c1ccc(NN2C=CNC=CNC=C2C2CC=C(CC)C(F)=C2F)cc1CC. The zero-order valence-electron chi connectivity index (χ0n) is 23.9. The summed E-state index contributed by atoms with van der Waals surface area (Å²) in [5.74, 6) is -2.31. The number of rotatable bonds is 14. The van der Waals surface area contributed by atoms with Crippen molar-refractivity contribution >= 4 is 11.4 Å². The molecule has 1 aliphatic carbocycles. The van der Waals surface area contributed by atoms with Gasteiger partial charge in [0.2, 0.25) is 0 Å². The molecule has 6 nitrogen and oxygen atoms in total. The lowest BCUT2D eigenvalue weighted by Gasteiger charge is -2.31. The second-order valence-corrected chi connectivity index (χ2v) is 9.96. The highest BCUT2D eigenvalue weighted by molar-refractivity contribution is 5.67. The van der Waals surface area contributed by atoms with Crippen molar-refractivity contribution in [3.8, 4) is 0 Å². The number of aryl methyl sites for hydroxylation is 1. The number of halogens is 3. The lowest BCUT2D eigenvalue weighted by molar-refractivity contribution is 0.221. The molecule has 1 unspecified atom stereocenters. The van der Waals surface area contributed by atoms with Crippen molar-refractivity contribution in [2.45, 2.75) is 52.4 Å². The fourth-order valence-electron chi connectivity index (χ4n) is 4.71. The summed E-state index contributed by atoms with van der Waals surface area (Å²) in [7, 11) is 1.78. The standard InChI is InChI=1S/C31H43F3N6/c1-5-24-10-12-28(31(34)30(24)33)29-21-36-16-15-35-17-19-40(29)38-26-11-13-27(25(6-2)20-26)23(3)37-14-8-7-9-18-39(4)22-32/h10-11,13,15-17,19-21,28,35-38H,3,5-9,12,14,18,22H2,1-2,4H3. The first-order valence-electron chi connectivity index (χ1n) is 14.0. The maximum Gasteiger partial charge on any atom is 0.158 e. The number of allylic oxidation sites excluding steroid dienone is 4. The van der Waals surface area contributed by atoms with Crippen molar-refractivity contribution < 1.29 is 13.2 Å². The van der Waals surface area contributed by atoms with Crippen molar-refractivity contribution in [1.82, 2.24) is 25.9 Å². The van der Waals surface area contributed by atoms with Gasteiger partial charge in [0.1, 0.15) is 12.6 Å². The summed E-state index contributed by atoms with van der Waals surface area (Å²) >= 11 is 0. The van der Waals surface area contributed by atoms with E-state index < -0.39 is 24.4 Å². The molecule has 40 heavy (non-hydrogen) atoms. The molecule has 1 atom stereocenters. The smallest absolute Gasteiger partial charge is 0.158 e. The third-order valence-corrected chi connectivity index (χ3v) is 7.06. The van der Waals surface area contributed by atoms with E-state index in [1.165, 1.54) is 0 Å². The number of nitrogens with zero attached hydrogens (tertiary/aromatic N) is 2. The number of alkyl halides is 1. The number of unbranched alkanes of at least 4 members (excludes halogenated alkanes) is 2. The monoisotopic (exact) mass is 556 g/mol. The zero-order valence-corrected chi connectivity index (χ0v) is 23.9. The second kappa shape index (κ2) is 15.9. The van der Waals surface area contributed by atoms with Crippen molar-refractivity contribution in [2.75, 3.05) is 32.4 Å². The Hall–Kier alpha value is -3.59. The highest BCUT2D eigenvalue weighted by Crippen LogP contribution is 2.38. The molecule has 0 radical (unpaired) electrons. The van der Waals surface area contributed by atoms with Crippen LogP contribution >= 0.6 is 0 Å². The first-order chi connectivity index (χ1) is 19.4. The molecule has 218 valence electrons. The summed E-state index contributed by atoms with van der Waals surface area (Å²) in [5, 5.41) is 11.2. The van der Waals surface area contributed by atoms with Crippen LogP contribution in [0.5, 0.6) is 0 Å². The number of hydrazine groups is 1. The molecule has 2 aliphatic rings. The van der Waals surface area contributed by atoms with Crippen LogP contribution in [-0.2, 0) is 6.42 Å². The first kappa shape index (κ1) is 30.9. The van der Waals surface area contributed by atoms with Crippen LogP contribution < -0.4 is 21.4 Å². The molecule has 4 N–H and O–H groups in total. The molecular weight excluding hydrogens is 513 g/mol. The van der Waals surface area contributed by atoms with E-state index in [0.717, 1.165) is 61.3 Å². The van der Waals surface area contributed by atoms with E-state index in [-0.39, 0.29) is 0 Å². The Bertz CT molecular complexity index is 1150. The van der Waals surface area contributed by atoms with Crippen molar-refractivity contribution in [3.63, 3.8) is 0 Å². The molecule has 0 aromatic heterocycles. The van der Waals surface area contributed by atoms with Gasteiger partial charge in [0.05, 0.1) is 17.3 Å². The topological polar surface area (TPSA) is 54.6 Å². The van der Waals surface area contributed by atoms with E-state index in [2.05, 4.69) is 40.9 Å². The fraction of sp³-hybridized carbons (Fsp3) is 0.419. The van der Waals surface area contributed by atoms with Crippen molar-refractivity contribution in [1.29, 1.82) is 0 Å². The summed E-state index contributed by atoms with van der Waals surface area (Å²) in [6.45, 7) is 9.29. The van der Waals surface area contributed by atoms with Crippen molar-refractivity contribution in [3.05, 3.63) is 95.9 Å². The predicted octanol–water partition coefficient (Wildman–Crippen LogP) is 6.95. The minimum atomic E-state index is -0.780. The average molecular weight is 557 g/mol. The number of benzene rings is 1. The van der Waals surface area contributed by atoms with E-state index in [0.29, 0.717) is 24.1 Å². The predicted molar refractivity (Wildman–Crippen MR) is 159 cm³/mol. The average Bonchev–Trinajstić information content (AvgIpc) is 3.08. The molecule has 0 bridgehead atoms. The third-order valence-electron chi connectivity index (χ3n) is 7.06. The number of hydrogen-bond donors (Lipinski definition) is 4. The van der Waals surface area contributed by atoms with E-state index >= 15 is 4.39 Å². The van der Waals surface area contributed by atoms with E-state index in [1.54, 1.807) is 54.0 Å². The molecule has 9 heteroatoms. The normalized spacial score (nSPS) is 17.4. The molecule has 0 fully saturated rings. The zero-order chi connectivity index (χ0) is 28.9. The molecule has 1 heterocycles. The summed E-state index contributed by atoms with van der Waals surface area (Å²) in [6.07, 6.45) is 14.9. The number of anilines is 1. The third kappa shape index (κ3) is 8.45. The quantitative estimate of drug-likeness (QED) is 0.147. The Balaban J connectivity index is 1.72. The van der Waals surface area contributed by atoms with Gasteiger partial charge >= 0.3 is 0 Å². The minimum Gasteiger partial charge on any atom is -0.385 e. The van der Waals surface area contributed by atoms with Gasteiger partial charge in [-0.2, -0.15) is 0 Å². The molecule has 0 saturated carbocycles. The Morgan fingerprint density at radius 3 is 2.65 bits per heavy atom. The van der Waals surface area contributed by atoms with Gasteiger partial charge < -0.3 is 16.0 Å². The Morgan fingerprint density at radius 1 is 1.10 bits per heavy atom. The lowest BCUT2D eigenvalue weighted by Crippen LogP contribution is -2.30. The molecule has 1 aromatic rings. The van der Waals surface area contributed by atoms with Crippen LogP contribution in [0.3, 0.4) is 0 Å².